The first-order valence-electron chi connectivity index (χ1n) is 4.01. The first-order chi connectivity index (χ1) is 6.27. The predicted molar refractivity (Wildman–Crippen MR) is 52.7 cm³/mol. The molecule has 1 aromatic rings. The zero-order valence-corrected chi connectivity index (χ0v) is 7.53. The van der Waals surface area contributed by atoms with E-state index < -0.39 is 0 Å². The number of phenolic OH excluding ortho intramolecular Hbond substituents is 1. The fourth-order valence-electron chi connectivity index (χ4n) is 0.988. The first-order valence-corrected chi connectivity index (χ1v) is 4.01. The van der Waals surface area contributed by atoms with Crippen LogP contribution in [-0.4, -0.2) is 18.8 Å². The molecule has 0 fully saturated rings. The van der Waals surface area contributed by atoms with E-state index in [0.717, 1.165) is 5.75 Å². The molecule has 0 aromatic heterocycles. The largest absolute Gasteiger partial charge is 0.507 e. The number of benzene rings is 1. The Kier molecular flexibility index (Phi) is 3.34. The van der Waals surface area contributed by atoms with E-state index >= 15 is 0 Å². The van der Waals surface area contributed by atoms with Gasteiger partial charge >= 0.3 is 0 Å². The average Bonchev–Trinajstić information content (AvgIpc) is 2.17. The summed E-state index contributed by atoms with van der Waals surface area (Å²) in [5, 5.41) is 9.41. The second-order valence-corrected chi connectivity index (χ2v) is 2.56. The van der Waals surface area contributed by atoms with Crippen LogP contribution in [0.15, 0.2) is 24.3 Å². The highest BCUT2D eigenvalue weighted by molar-refractivity contribution is 5.59. The van der Waals surface area contributed by atoms with E-state index in [1.54, 1.807) is 37.5 Å². The molecule has 0 atom stereocenters. The Labute approximate surface area is 77.4 Å². The Morgan fingerprint density at radius 2 is 2.31 bits per heavy atom. The zero-order valence-electron chi connectivity index (χ0n) is 7.53. The summed E-state index contributed by atoms with van der Waals surface area (Å²) in [6.07, 6.45) is 3.53. The standard InChI is InChI=1S/C10H13NO2/c1-13-9-4-5-10(12)8(7-9)3-2-6-11/h2-5,7,12H,6,11H2,1H3. The van der Waals surface area contributed by atoms with E-state index in [9.17, 15) is 5.11 Å². The van der Waals surface area contributed by atoms with Crippen LogP contribution in [0.3, 0.4) is 0 Å². The number of phenols is 1. The number of hydrogen-bond acceptors (Lipinski definition) is 3. The Morgan fingerprint density at radius 1 is 1.54 bits per heavy atom. The molecule has 0 radical (unpaired) electrons. The average molecular weight is 179 g/mol. The summed E-state index contributed by atoms with van der Waals surface area (Å²) in [7, 11) is 1.59. The van der Waals surface area contributed by atoms with Gasteiger partial charge in [0.1, 0.15) is 11.5 Å². The van der Waals surface area contributed by atoms with Gasteiger partial charge < -0.3 is 15.6 Å². The molecule has 3 nitrogen and oxygen atoms in total. The van der Waals surface area contributed by atoms with Gasteiger partial charge in [-0.05, 0) is 18.2 Å². The highest BCUT2D eigenvalue weighted by Gasteiger charge is 1.98. The minimum atomic E-state index is 0.227. The highest BCUT2D eigenvalue weighted by atomic mass is 16.5. The van der Waals surface area contributed by atoms with Crippen LogP contribution in [0.5, 0.6) is 11.5 Å². The minimum Gasteiger partial charge on any atom is -0.507 e. The summed E-state index contributed by atoms with van der Waals surface area (Å²) in [5.41, 5.74) is 6.01. The molecule has 0 unspecified atom stereocenters. The molecule has 0 saturated carbocycles. The van der Waals surface area contributed by atoms with Crippen molar-refractivity contribution in [2.24, 2.45) is 5.73 Å². The molecule has 0 aliphatic rings. The fourth-order valence-corrected chi connectivity index (χ4v) is 0.988. The Hall–Kier alpha value is -1.48. The Bertz CT molecular complexity index is 308. The lowest BCUT2D eigenvalue weighted by Gasteiger charge is -2.02. The van der Waals surface area contributed by atoms with Crippen LogP contribution in [-0.2, 0) is 0 Å². The van der Waals surface area contributed by atoms with Gasteiger partial charge in [0.05, 0.1) is 7.11 Å². The normalized spacial score (nSPS) is 10.6. The van der Waals surface area contributed by atoms with Crippen LogP contribution in [0.1, 0.15) is 5.56 Å². The maximum absolute atomic E-state index is 9.41. The van der Waals surface area contributed by atoms with Crippen LogP contribution in [0.2, 0.25) is 0 Å². The van der Waals surface area contributed by atoms with Gasteiger partial charge in [-0.3, -0.25) is 0 Å². The van der Waals surface area contributed by atoms with Gasteiger partial charge in [-0.25, -0.2) is 0 Å². The third kappa shape index (κ3) is 2.49. The van der Waals surface area contributed by atoms with E-state index in [4.69, 9.17) is 10.5 Å². The number of rotatable bonds is 3. The predicted octanol–water partition coefficient (Wildman–Crippen LogP) is 1.37. The summed E-state index contributed by atoms with van der Waals surface area (Å²) >= 11 is 0. The topological polar surface area (TPSA) is 55.5 Å². The molecule has 0 spiro atoms. The molecular weight excluding hydrogens is 166 g/mol. The van der Waals surface area contributed by atoms with Crippen molar-refractivity contribution >= 4 is 6.08 Å². The van der Waals surface area contributed by atoms with Crippen LogP contribution < -0.4 is 10.5 Å². The lowest BCUT2D eigenvalue weighted by atomic mass is 10.2. The molecular formula is C10H13NO2. The smallest absolute Gasteiger partial charge is 0.123 e. The van der Waals surface area contributed by atoms with E-state index in [1.165, 1.54) is 0 Å². The molecule has 0 bridgehead atoms. The summed E-state index contributed by atoms with van der Waals surface area (Å²) < 4.78 is 5.01. The summed E-state index contributed by atoms with van der Waals surface area (Å²) in [6.45, 7) is 0.455. The molecule has 1 aromatic carbocycles. The van der Waals surface area contributed by atoms with Crippen molar-refractivity contribution in [1.29, 1.82) is 0 Å². The van der Waals surface area contributed by atoms with E-state index in [2.05, 4.69) is 0 Å². The van der Waals surface area contributed by atoms with Gasteiger partial charge in [-0.2, -0.15) is 0 Å². The Balaban J connectivity index is 2.97. The van der Waals surface area contributed by atoms with Crippen molar-refractivity contribution < 1.29 is 9.84 Å². The van der Waals surface area contributed by atoms with Gasteiger partial charge in [0, 0.05) is 12.1 Å². The van der Waals surface area contributed by atoms with Crippen LogP contribution in [0.25, 0.3) is 6.08 Å². The molecule has 3 N–H and O–H groups in total. The molecule has 0 aliphatic carbocycles. The molecule has 1 rings (SSSR count). The third-order valence-electron chi connectivity index (χ3n) is 1.67. The number of methoxy groups -OCH3 is 1. The molecule has 70 valence electrons. The lowest BCUT2D eigenvalue weighted by molar-refractivity contribution is 0.412. The molecule has 13 heavy (non-hydrogen) atoms. The maximum atomic E-state index is 9.41. The zero-order chi connectivity index (χ0) is 9.68. The second-order valence-electron chi connectivity index (χ2n) is 2.56. The molecule has 0 saturated heterocycles. The Morgan fingerprint density at radius 3 is 2.92 bits per heavy atom. The summed E-state index contributed by atoms with van der Waals surface area (Å²) in [6, 6.07) is 5.05. The fraction of sp³-hybridized carbons (Fsp3) is 0.200. The van der Waals surface area contributed by atoms with E-state index in [-0.39, 0.29) is 5.75 Å². The second kappa shape index (κ2) is 4.52. The van der Waals surface area contributed by atoms with Gasteiger partial charge in [-0.1, -0.05) is 12.2 Å². The van der Waals surface area contributed by atoms with E-state index in [0.29, 0.717) is 12.1 Å². The van der Waals surface area contributed by atoms with Crippen LogP contribution in [0.4, 0.5) is 0 Å². The van der Waals surface area contributed by atoms with Crippen molar-refractivity contribution in [3.8, 4) is 11.5 Å². The monoisotopic (exact) mass is 179 g/mol. The molecule has 0 aliphatic heterocycles. The van der Waals surface area contributed by atoms with Gasteiger partial charge in [0.25, 0.3) is 0 Å². The number of ether oxygens (including phenoxy) is 1. The maximum Gasteiger partial charge on any atom is 0.123 e. The summed E-state index contributed by atoms with van der Waals surface area (Å²) in [4.78, 5) is 0. The lowest BCUT2D eigenvalue weighted by Crippen LogP contribution is -1.92. The molecule has 0 heterocycles. The molecule has 0 amide bonds. The SMILES string of the molecule is COc1ccc(O)c(C=CCN)c1. The van der Waals surface area contributed by atoms with Gasteiger partial charge in [0.2, 0.25) is 0 Å². The van der Waals surface area contributed by atoms with Gasteiger partial charge in [-0.15, -0.1) is 0 Å². The number of aromatic hydroxyl groups is 1. The first kappa shape index (κ1) is 9.61. The van der Waals surface area contributed by atoms with Gasteiger partial charge in [0.15, 0.2) is 0 Å². The quantitative estimate of drug-likeness (QED) is 0.736. The van der Waals surface area contributed by atoms with Crippen molar-refractivity contribution in [2.45, 2.75) is 0 Å². The van der Waals surface area contributed by atoms with Crippen LogP contribution >= 0.6 is 0 Å². The molecule has 3 heteroatoms. The van der Waals surface area contributed by atoms with Crippen molar-refractivity contribution in [3.05, 3.63) is 29.8 Å². The summed E-state index contributed by atoms with van der Waals surface area (Å²) in [5.74, 6) is 0.944. The van der Waals surface area contributed by atoms with Crippen molar-refractivity contribution in [2.75, 3.05) is 13.7 Å². The number of hydrogen-bond donors (Lipinski definition) is 2. The minimum absolute atomic E-state index is 0.227. The third-order valence-corrected chi connectivity index (χ3v) is 1.67. The number of nitrogens with two attached hydrogens (primary N) is 1. The van der Waals surface area contributed by atoms with Crippen molar-refractivity contribution in [3.63, 3.8) is 0 Å². The van der Waals surface area contributed by atoms with E-state index in [1.807, 2.05) is 0 Å². The highest BCUT2D eigenvalue weighted by Crippen LogP contribution is 2.23. The van der Waals surface area contributed by atoms with Crippen molar-refractivity contribution in [1.82, 2.24) is 0 Å². The van der Waals surface area contributed by atoms with Crippen LogP contribution in [0, 0.1) is 0 Å².